The highest BCUT2D eigenvalue weighted by molar-refractivity contribution is 7.21. The molecule has 52 heavy (non-hydrogen) atoms. The van der Waals surface area contributed by atoms with Crippen LogP contribution in [-0.4, -0.2) is 57.9 Å². The SMILES string of the molecule is CCCN(CC1(O)CCC2c3ccc(cc3C(=O)c3cc4ccccc4s3)CC(O)CCC(C)=CCCC21C)C(=O)OC1CC(C)CCC1C(C)C. The Balaban J connectivity index is 1.37. The van der Waals surface area contributed by atoms with E-state index in [0.29, 0.717) is 66.8 Å². The van der Waals surface area contributed by atoms with Crippen molar-refractivity contribution < 1.29 is 24.5 Å². The Bertz CT molecular complexity index is 1730. The summed E-state index contributed by atoms with van der Waals surface area (Å²) in [6.45, 7) is 13.8. The second-order valence-electron chi connectivity index (χ2n) is 17.1. The van der Waals surface area contributed by atoms with E-state index in [1.807, 2.05) is 30.3 Å². The number of carbonyl (C=O) groups is 2. The molecule has 2 saturated carbocycles. The van der Waals surface area contributed by atoms with Crippen LogP contribution in [0.4, 0.5) is 4.79 Å². The quantitative estimate of drug-likeness (QED) is 0.178. The molecule has 2 bridgehead atoms. The van der Waals surface area contributed by atoms with Crippen molar-refractivity contribution in [2.75, 3.05) is 13.1 Å². The number of amides is 1. The molecule has 4 aliphatic rings. The molecule has 1 amide bonds. The van der Waals surface area contributed by atoms with Crippen LogP contribution in [0.15, 0.2) is 60.2 Å². The van der Waals surface area contributed by atoms with Crippen LogP contribution in [-0.2, 0) is 11.2 Å². The molecule has 282 valence electrons. The van der Waals surface area contributed by atoms with E-state index in [0.717, 1.165) is 59.7 Å². The van der Waals surface area contributed by atoms with Crippen LogP contribution in [0.25, 0.3) is 10.1 Å². The fourth-order valence-corrected chi connectivity index (χ4v) is 10.7. The summed E-state index contributed by atoms with van der Waals surface area (Å²) < 4.78 is 7.46. The first-order valence-corrected chi connectivity index (χ1v) is 20.8. The number of aliphatic hydroxyl groups is 2. The van der Waals surface area contributed by atoms with Gasteiger partial charge in [0, 0.05) is 22.2 Å². The topological polar surface area (TPSA) is 87.1 Å². The van der Waals surface area contributed by atoms with Gasteiger partial charge in [-0.25, -0.2) is 4.79 Å². The molecule has 7 unspecified atom stereocenters. The highest BCUT2D eigenvalue weighted by atomic mass is 32.1. The number of nitrogens with zero attached hydrogens (tertiary/aromatic N) is 1. The molecule has 2 fully saturated rings. The van der Waals surface area contributed by atoms with Gasteiger partial charge in [0.05, 0.1) is 23.1 Å². The van der Waals surface area contributed by atoms with Gasteiger partial charge in [0.15, 0.2) is 0 Å². The zero-order valence-electron chi connectivity index (χ0n) is 32.3. The van der Waals surface area contributed by atoms with Crippen molar-refractivity contribution in [1.29, 1.82) is 0 Å². The van der Waals surface area contributed by atoms with Crippen molar-refractivity contribution in [2.24, 2.45) is 23.2 Å². The first-order chi connectivity index (χ1) is 24.8. The van der Waals surface area contributed by atoms with Gasteiger partial charge in [0.1, 0.15) is 6.10 Å². The van der Waals surface area contributed by atoms with Crippen molar-refractivity contribution in [3.63, 3.8) is 0 Å². The van der Waals surface area contributed by atoms with E-state index in [-0.39, 0.29) is 30.4 Å². The largest absolute Gasteiger partial charge is 0.446 e. The number of aliphatic hydroxyl groups excluding tert-OH is 1. The molecule has 2 aromatic carbocycles. The van der Waals surface area contributed by atoms with E-state index in [4.69, 9.17) is 4.74 Å². The number of rotatable bonds is 8. The standard InChI is InChI=1S/C45H61NO5S/c1-7-23-46(43(49)51-39-24-31(5)15-18-35(39)29(2)3)28-45(50)22-20-38-36-19-16-32(25-34(47)17-14-30(4)11-10-21-44(38,45)6)26-37(36)42(48)41-27-33-12-8-9-13-40(33)52-41/h8-9,11-13,16,19,26-27,29,31,34-35,38-39,47,50H,7,10,14-15,17-18,20-25,28H2,1-6H3. The highest BCUT2D eigenvalue weighted by Gasteiger charge is 2.58. The molecule has 7 heteroatoms. The Hall–Kier alpha value is -3.00. The molecule has 0 spiro atoms. The second kappa shape index (κ2) is 16.2. The number of carbonyl (C=O) groups excluding carboxylic acids is 2. The minimum atomic E-state index is -1.19. The van der Waals surface area contributed by atoms with Gasteiger partial charge < -0.3 is 19.8 Å². The van der Waals surface area contributed by atoms with Crippen LogP contribution in [0.3, 0.4) is 0 Å². The van der Waals surface area contributed by atoms with E-state index >= 15 is 0 Å². The lowest BCUT2D eigenvalue weighted by atomic mass is 9.64. The molecule has 1 aromatic heterocycles. The van der Waals surface area contributed by atoms with Gasteiger partial charge in [-0.3, -0.25) is 4.79 Å². The molecule has 2 N–H and O–H groups in total. The Kier molecular flexibility index (Phi) is 12.0. The van der Waals surface area contributed by atoms with Crippen LogP contribution in [0.5, 0.6) is 0 Å². The first kappa shape index (κ1) is 38.7. The zero-order valence-corrected chi connectivity index (χ0v) is 33.1. The zero-order chi connectivity index (χ0) is 37.2. The molecule has 1 heterocycles. The third-order valence-electron chi connectivity index (χ3n) is 13.0. The lowest BCUT2D eigenvalue weighted by Crippen LogP contribution is -2.54. The molecule has 7 rings (SSSR count). The number of allylic oxidation sites excluding steroid dienone is 2. The van der Waals surface area contributed by atoms with Crippen LogP contribution in [0.2, 0.25) is 0 Å². The first-order valence-electron chi connectivity index (χ1n) is 20.0. The van der Waals surface area contributed by atoms with Gasteiger partial charge in [0.2, 0.25) is 5.78 Å². The minimum absolute atomic E-state index is 0.00855. The molecular weight excluding hydrogens is 667 g/mol. The van der Waals surface area contributed by atoms with Crippen molar-refractivity contribution in [2.45, 2.75) is 136 Å². The summed E-state index contributed by atoms with van der Waals surface area (Å²) in [6.07, 6.45) is 9.86. The predicted octanol–water partition coefficient (Wildman–Crippen LogP) is 10.5. The van der Waals surface area contributed by atoms with E-state index in [9.17, 15) is 19.8 Å². The van der Waals surface area contributed by atoms with Gasteiger partial charge in [-0.05, 0) is 130 Å². The lowest BCUT2D eigenvalue weighted by Gasteiger charge is -2.46. The maximum atomic E-state index is 14.6. The molecule has 0 saturated heterocycles. The van der Waals surface area contributed by atoms with E-state index in [1.165, 1.54) is 16.9 Å². The van der Waals surface area contributed by atoms with Crippen LogP contribution in [0, 0.1) is 23.2 Å². The van der Waals surface area contributed by atoms with Gasteiger partial charge in [0.25, 0.3) is 0 Å². The number of thiophene rings is 1. The summed E-state index contributed by atoms with van der Waals surface area (Å²) in [5, 5.41) is 25.1. The summed E-state index contributed by atoms with van der Waals surface area (Å²) in [7, 11) is 0. The Morgan fingerprint density at radius 1 is 1.06 bits per heavy atom. The third kappa shape index (κ3) is 8.07. The fraction of sp³-hybridized carbons (Fsp3) is 0.600. The van der Waals surface area contributed by atoms with Crippen molar-refractivity contribution in [3.8, 4) is 0 Å². The maximum absolute atomic E-state index is 14.6. The van der Waals surface area contributed by atoms with Crippen molar-refractivity contribution >= 4 is 33.3 Å². The van der Waals surface area contributed by atoms with Gasteiger partial charge >= 0.3 is 6.09 Å². The maximum Gasteiger partial charge on any atom is 0.410 e. The van der Waals surface area contributed by atoms with Crippen LogP contribution in [0.1, 0.15) is 138 Å². The highest BCUT2D eigenvalue weighted by Crippen LogP contribution is 2.59. The Morgan fingerprint density at radius 2 is 1.85 bits per heavy atom. The summed E-state index contributed by atoms with van der Waals surface area (Å²) in [5.41, 5.74) is 1.99. The molecular formula is C45H61NO5S. The fourth-order valence-electron chi connectivity index (χ4n) is 9.70. The van der Waals surface area contributed by atoms with Gasteiger partial charge in [-0.1, -0.05) is 83.0 Å². The smallest absolute Gasteiger partial charge is 0.410 e. The molecule has 0 radical (unpaired) electrons. The molecule has 3 aromatic rings. The van der Waals surface area contributed by atoms with Gasteiger partial charge in [-0.15, -0.1) is 11.3 Å². The summed E-state index contributed by atoms with van der Waals surface area (Å²) in [4.78, 5) is 31.2. The Labute approximate surface area is 315 Å². The Morgan fingerprint density at radius 3 is 2.60 bits per heavy atom. The van der Waals surface area contributed by atoms with Crippen LogP contribution < -0.4 is 0 Å². The average molecular weight is 728 g/mol. The van der Waals surface area contributed by atoms with Gasteiger partial charge in [-0.2, -0.15) is 0 Å². The normalized spacial score (nSPS) is 29.8. The number of benzene rings is 2. The van der Waals surface area contributed by atoms with E-state index in [2.05, 4.69) is 65.8 Å². The summed E-state index contributed by atoms with van der Waals surface area (Å²) in [6, 6.07) is 16.3. The number of hydrogen-bond donors (Lipinski definition) is 2. The summed E-state index contributed by atoms with van der Waals surface area (Å²) in [5.74, 6) is 1.18. The second-order valence-corrected chi connectivity index (χ2v) is 18.2. The average Bonchev–Trinajstić information content (AvgIpc) is 3.65. The third-order valence-corrected chi connectivity index (χ3v) is 14.1. The number of fused-ring (bicyclic) bond motifs is 9. The number of ether oxygens (including phenoxy) is 1. The van der Waals surface area contributed by atoms with E-state index in [1.54, 1.807) is 4.90 Å². The van der Waals surface area contributed by atoms with Crippen LogP contribution >= 0.6 is 11.3 Å². The van der Waals surface area contributed by atoms with E-state index < -0.39 is 17.1 Å². The van der Waals surface area contributed by atoms with Crippen molar-refractivity contribution in [1.82, 2.24) is 4.90 Å². The molecule has 0 aliphatic heterocycles. The number of hydrogen-bond acceptors (Lipinski definition) is 6. The molecule has 4 aliphatic carbocycles. The predicted molar refractivity (Wildman–Crippen MR) is 212 cm³/mol. The monoisotopic (exact) mass is 727 g/mol. The molecule has 6 nitrogen and oxygen atoms in total. The molecule has 7 atom stereocenters. The lowest BCUT2D eigenvalue weighted by molar-refractivity contribution is -0.0862. The number of ketones is 1. The minimum Gasteiger partial charge on any atom is -0.446 e. The van der Waals surface area contributed by atoms with Crippen molar-refractivity contribution in [3.05, 3.63) is 81.7 Å². The summed E-state index contributed by atoms with van der Waals surface area (Å²) >= 11 is 1.52.